The van der Waals surface area contributed by atoms with E-state index in [4.69, 9.17) is 0 Å². The average Bonchev–Trinajstić information content (AvgIpc) is 3.08. The topological polar surface area (TPSA) is 62.3 Å². The smallest absolute Gasteiger partial charge is 0.254 e. The molecule has 0 saturated carbocycles. The van der Waals surface area contributed by atoms with Gasteiger partial charge in [-0.2, -0.15) is 0 Å². The molecule has 1 saturated heterocycles. The van der Waals surface area contributed by atoms with Crippen molar-refractivity contribution in [3.8, 4) is 0 Å². The summed E-state index contributed by atoms with van der Waals surface area (Å²) < 4.78 is 14.5. The van der Waals surface area contributed by atoms with Gasteiger partial charge in [-0.1, -0.05) is 12.1 Å². The number of nitrogens with zero attached hydrogens (tertiary/aromatic N) is 2. The van der Waals surface area contributed by atoms with Gasteiger partial charge in [-0.3, -0.25) is 9.59 Å². The van der Waals surface area contributed by atoms with Crippen molar-refractivity contribution in [2.24, 2.45) is 0 Å². The van der Waals surface area contributed by atoms with E-state index in [1.54, 1.807) is 35.8 Å². The van der Waals surface area contributed by atoms with Gasteiger partial charge in [-0.15, -0.1) is 11.3 Å². The lowest BCUT2D eigenvalue weighted by Gasteiger charge is -2.35. The molecule has 3 aromatic rings. The zero-order chi connectivity index (χ0) is 17.4. The van der Waals surface area contributed by atoms with E-state index in [0.717, 1.165) is 10.2 Å². The maximum absolute atomic E-state index is 13.6. The van der Waals surface area contributed by atoms with Gasteiger partial charge in [0.15, 0.2) is 0 Å². The Morgan fingerprint density at radius 3 is 3.00 bits per heavy atom. The molecule has 0 aliphatic carbocycles. The van der Waals surface area contributed by atoms with Crippen LogP contribution in [0.15, 0.2) is 48.0 Å². The molecule has 126 valence electrons. The Hall–Kier alpha value is -2.80. The van der Waals surface area contributed by atoms with Gasteiger partial charge in [-0.05, 0) is 35.9 Å². The lowest BCUT2D eigenvalue weighted by atomic mass is 10.0. The number of nitrogens with one attached hydrogen (secondary N) is 1. The van der Waals surface area contributed by atoms with Crippen LogP contribution >= 0.6 is 11.3 Å². The molecule has 1 fully saturated rings. The van der Waals surface area contributed by atoms with Gasteiger partial charge in [0.05, 0.1) is 15.7 Å². The Kier molecular flexibility index (Phi) is 3.93. The van der Waals surface area contributed by atoms with Gasteiger partial charge >= 0.3 is 0 Å². The number of rotatable bonds is 2. The van der Waals surface area contributed by atoms with Crippen LogP contribution in [0.25, 0.3) is 10.2 Å². The second-order valence-electron chi connectivity index (χ2n) is 5.78. The first-order valence-corrected chi connectivity index (χ1v) is 8.69. The van der Waals surface area contributed by atoms with Gasteiger partial charge in [0.1, 0.15) is 11.9 Å². The molecule has 5 nitrogen and oxygen atoms in total. The molecule has 0 spiro atoms. The number of fused-ring (bicyclic) bond motifs is 1. The third-order valence-electron chi connectivity index (χ3n) is 4.22. The van der Waals surface area contributed by atoms with Crippen LogP contribution in [0.4, 0.5) is 4.39 Å². The molecule has 0 unspecified atom stereocenters. The van der Waals surface area contributed by atoms with E-state index < -0.39 is 11.9 Å². The fraction of sp³-hybridized carbons (Fsp3) is 0.167. The second-order valence-corrected chi connectivity index (χ2v) is 6.67. The molecule has 0 radical (unpaired) electrons. The first-order chi connectivity index (χ1) is 12.1. The molecule has 4 rings (SSSR count). The maximum atomic E-state index is 13.6. The Morgan fingerprint density at radius 1 is 1.28 bits per heavy atom. The number of aromatic nitrogens is 1. The van der Waals surface area contributed by atoms with E-state index in [0.29, 0.717) is 24.2 Å². The number of piperazine rings is 1. The minimum Gasteiger partial charge on any atom is -0.352 e. The predicted molar refractivity (Wildman–Crippen MR) is 92.8 cm³/mol. The van der Waals surface area contributed by atoms with Gasteiger partial charge in [0.2, 0.25) is 5.91 Å². The van der Waals surface area contributed by atoms with Gasteiger partial charge in [0, 0.05) is 18.7 Å². The predicted octanol–water partition coefficient (Wildman–Crippen LogP) is 2.75. The van der Waals surface area contributed by atoms with Crippen molar-refractivity contribution in [3.05, 3.63) is 64.9 Å². The minimum atomic E-state index is -0.839. The van der Waals surface area contributed by atoms with E-state index >= 15 is 0 Å². The number of benzene rings is 2. The first kappa shape index (κ1) is 15.7. The van der Waals surface area contributed by atoms with Crippen molar-refractivity contribution in [2.45, 2.75) is 6.04 Å². The van der Waals surface area contributed by atoms with Crippen LogP contribution in [0.3, 0.4) is 0 Å². The van der Waals surface area contributed by atoms with E-state index in [9.17, 15) is 14.0 Å². The summed E-state index contributed by atoms with van der Waals surface area (Å²) in [6.45, 7) is 0.742. The van der Waals surface area contributed by atoms with E-state index in [1.807, 2.05) is 0 Å². The quantitative estimate of drug-likeness (QED) is 0.769. The van der Waals surface area contributed by atoms with Crippen LogP contribution in [0.2, 0.25) is 0 Å². The Bertz CT molecular complexity index is 972. The van der Waals surface area contributed by atoms with Gasteiger partial charge in [0.25, 0.3) is 5.91 Å². The second kappa shape index (κ2) is 6.25. The molecule has 1 aromatic heterocycles. The zero-order valence-electron chi connectivity index (χ0n) is 13.1. The third-order valence-corrected chi connectivity index (χ3v) is 5.01. The Labute approximate surface area is 147 Å². The lowest BCUT2D eigenvalue weighted by Crippen LogP contribution is -2.52. The molecule has 7 heteroatoms. The van der Waals surface area contributed by atoms with Gasteiger partial charge < -0.3 is 10.2 Å². The van der Waals surface area contributed by atoms with Crippen LogP contribution in [0.1, 0.15) is 22.0 Å². The zero-order valence-corrected chi connectivity index (χ0v) is 13.9. The maximum Gasteiger partial charge on any atom is 0.254 e. The van der Waals surface area contributed by atoms with Crippen molar-refractivity contribution in [1.82, 2.24) is 15.2 Å². The number of amides is 2. The fourth-order valence-corrected chi connectivity index (χ4v) is 3.76. The summed E-state index contributed by atoms with van der Waals surface area (Å²) in [4.78, 5) is 31.1. The molecular weight excluding hydrogens is 341 g/mol. The van der Waals surface area contributed by atoms with Crippen molar-refractivity contribution < 1.29 is 14.0 Å². The summed E-state index contributed by atoms with van der Waals surface area (Å²) >= 11 is 1.45. The molecule has 2 heterocycles. The summed E-state index contributed by atoms with van der Waals surface area (Å²) in [5.41, 5.74) is 3.51. The van der Waals surface area contributed by atoms with Crippen LogP contribution in [0, 0.1) is 5.82 Å². The lowest BCUT2D eigenvalue weighted by molar-refractivity contribution is -0.128. The highest BCUT2D eigenvalue weighted by molar-refractivity contribution is 7.16. The normalized spacial score (nSPS) is 17.6. The molecule has 25 heavy (non-hydrogen) atoms. The largest absolute Gasteiger partial charge is 0.352 e. The molecule has 1 N–H and O–H groups in total. The molecule has 1 aliphatic rings. The van der Waals surface area contributed by atoms with Crippen LogP contribution in [-0.4, -0.2) is 34.8 Å². The first-order valence-electron chi connectivity index (χ1n) is 7.81. The van der Waals surface area contributed by atoms with Crippen LogP contribution in [-0.2, 0) is 4.79 Å². The van der Waals surface area contributed by atoms with E-state index in [1.165, 1.54) is 28.4 Å². The number of halogens is 1. The summed E-state index contributed by atoms with van der Waals surface area (Å²) in [6, 6.07) is 10.2. The standard InChI is InChI=1S/C18H14FN3O2S/c19-13-3-1-2-11(8-13)16-17(23)20-6-7-22(16)18(24)12-4-5-14-15(9-12)25-10-21-14/h1-5,8-10,16H,6-7H2,(H,20,23)/t16-/m1/s1. The van der Waals surface area contributed by atoms with Crippen LogP contribution < -0.4 is 5.32 Å². The number of hydrogen-bond acceptors (Lipinski definition) is 4. The molecule has 2 amide bonds. The summed E-state index contributed by atoms with van der Waals surface area (Å²) in [5, 5.41) is 2.75. The highest BCUT2D eigenvalue weighted by atomic mass is 32.1. The van der Waals surface area contributed by atoms with E-state index in [-0.39, 0.29) is 11.8 Å². The minimum absolute atomic E-state index is 0.251. The van der Waals surface area contributed by atoms with Crippen molar-refractivity contribution in [1.29, 1.82) is 0 Å². The summed E-state index contributed by atoms with van der Waals surface area (Å²) in [6.07, 6.45) is 0. The Balaban J connectivity index is 1.72. The Morgan fingerprint density at radius 2 is 2.16 bits per heavy atom. The number of thiazole rings is 1. The number of carbonyl (C=O) groups is 2. The summed E-state index contributed by atoms with van der Waals surface area (Å²) in [5.74, 6) is -0.988. The third kappa shape index (κ3) is 2.87. The molecule has 1 atom stereocenters. The van der Waals surface area contributed by atoms with E-state index in [2.05, 4.69) is 10.3 Å². The molecule has 2 aromatic carbocycles. The highest BCUT2D eigenvalue weighted by Crippen LogP contribution is 2.27. The van der Waals surface area contributed by atoms with Crippen molar-refractivity contribution in [3.63, 3.8) is 0 Å². The van der Waals surface area contributed by atoms with Crippen molar-refractivity contribution in [2.75, 3.05) is 13.1 Å². The number of carbonyl (C=O) groups excluding carboxylic acids is 2. The summed E-state index contributed by atoms with van der Waals surface area (Å²) in [7, 11) is 0. The van der Waals surface area contributed by atoms with Crippen molar-refractivity contribution >= 4 is 33.4 Å². The molecule has 0 bridgehead atoms. The number of hydrogen-bond donors (Lipinski definition) is 1. The highest BCUT2D eigenvalue weighted by Gasteiger charge is 2.35. The van der Waals surface area contributed by atoms with Crippen LogP contribution in [0.5, 0.6) is 0 Å². The molecular formula is C18H14FN3O2S. The van der Waals surface area contributed by atoms with Gasteiger partial charge in [-0.25, -0.2) is 9.37 Å². The average molecular weight is 355 g/mol. The monoisotopic (exact) mass is 355 g/mol. The SMILES string of the molecule is O=C1NCCN(C(=O)c2ccc3ncsc3c2)[C@@H]1c1cccc(F)c1. The fourth-order valence-electron chi connectivity index (χ4n) is 3.05. The molecule has 1 aliphatic heterocycles.